The van der Waals surface area contributed by atoms with Crippen molar-refractivity contribution in [3.63, 3.8) is 0 Å². The first-order chi connectivity index (χ1) is 14.7. The van der Waals surface area contributed by atoms with Crippen molar-refractivity contribution in [2.24, 2.45) is 0 Å². The molecule has 0 aromatic heterocycles. The number of aryl methyl sites for hydroxylation is 2. The Bertz CT molecular complexity index is 895. The van der Waals surface area contributed by atoms with Crippen LogP contribution in [-0.2, 0) is 20.8 Å². The monoisotopic (exact) mass is 424 g/mol. The molecule has 6 nitrogen and oxygen atoms in total. The van der Waals surface area contributed by atoms with Crippen molar-refractivity contribution < 1.29 is 19.1 Å². The standard InChI is InChI=1S/C25H32N2O4/c1-16-7-6-8-17(2)23(16)26-24(28)20(5)31-25(29)22-11-9-21(10-12-22)15-27-13-18(3)30-19(4)14-27/h6-12,18-20H,13-15H2,1-5H3,(H,26,28). The van der Waals surface area contributed by atoms with Crippen molar-refractivity contribution >= 4 is 17.6 Å². The maximum absolute atomic E-state index is 12.5. The fraction of sp³-hybridized carbons (Fsp3) is 0.440. The van der Waals surface area contributed by atoms with E-state index < -0.39 is 12.1 Å². The topological polar surface area (TPSA) is 67.9 Å². The zero-order valence-electron chi connectivity index (χ0n) is 19.0. The molecule has 2 aromatic carbocycles. The molecule has 1 amide bonds. The van der Waals surface area contributed by atoms with Gasteiger partial charge in [0.25, 0.3) is 5.91 Å². The maximum atomic E-state index is 12.5. The first-order valence-electron chi connectivity index (χ1n) is 10.8. The molecule has 1 aliphatic rings. The third-order valence-corrected chi connectivity index (χ3v) is 5.47. The normalized spacial score (nSPS) is 20.2. The number of morpholine rings is 1. The van der Waals surface area contributed by atoms with Crippen molar-refractivity contribution in [1.82, 2.24) is 4.90 Å². The molecule has 2 aromatic rings. The predicted molar refractivity (Wildman–Crippen MR) is 121 cm³/mol. The number of amides is 1. The van der Waals surface area contributed by atoms with E-state index in [4.69, 9.17) is 9.47 Å². The summed E-state index contributed by atoms with van der Waals surface area (Å²) in [6.07, 6.45) is -0.467. The summed E-state index contributed by atoms with van der Waals surface area (Å²) >= 11 is 0. The molecule has 3 unspecified atom stereocenters. The first kappa shape index (κ1) is 23.0. The van der Waals surface area contributed by atoms with Gasteiger partial charge in [0.15, 0.2) is 6.10 Å². The van der Waals surface area contributed by atoms with Gasteiger partial charge in [0.05, 0.1) is 17.8 Å². The second-order valence-corrected chi connectivity index (χ2v) is 8.45. The van der Waals surface area contributed by atoms with E-state index in [0.29, 0.717) is 5.56 Å². The molecule has 1 heterocycles. The molecule has 166 valence electrons. The van der Waals surface area contributed by atoms with Gasteiger partial charge in [-0.05, 0) is 63.4 Å². The van der Waals surface area contributed by atoms with Gasteiger partial charge in [-0.25, -0.2) is 4.79 Å². The van der Waals surface area contributed by atoms with Gasteiger partial charge in [0, 0.05) is 25.3 Å². The number of hydrogen-bond donors (Lipinski definition) is 1. The number of hydrogen-bond acceptors (Lipinski definition) is 5. The molecule has 3 atom stereocenters. The summed E-state index contributed by atoms with van der Waals surface area (Å²) in [7, 11) is 0. The zero-order chi connectivity index (χ0) is 22.5. The Kier molecular flexibility index (Phi) is 7.46. The summed E-state index contributed by atoms with van der Waals surface area (Å²) in [5.74, 6) is -0.859. The van der Waals surface area contributed by atoms with Crippen LogP contribution in [0, 0.1) is 13.8 Å². The maximum Gasteiger partial charge on any atom is 0.338 e. The van der Waals surface area contributed by atoms with Crippen LogP contribution in [0.2, 0.25) is 0 Å². The van der Waals surface area contributed by atoms with Crippen LogP contribution in [0.3, 0.4) is 0 Å². The second kappa shape index (κ2) is 10.1. The Morgan fingerprint density at radius 1 is 1.06 bits per heavy atom. The molecule has 0 bridgehead atoms. The average molecular weight is 425 g/mol. The Hall–Kier alpha value is -2.70. The van der Waals surface area contributed by atoms with Gasteiger partial charge in [-0.1, -0.05) is 30.3 Å². The molecule has 0 saturated carbocycles. The Labute approximate surface area is 184 Å². The number of rotatable bonds is 6. The van der Waals surface area contributed by atoms with E-state index in [9.17, 15) is 9.59 Å². The molecule has 31 heavy (non-hydrogen) atoms. The van der Waals surface area contributed by atoms with Gasteiger partial charge in [0.1, 0.15) is 0 Å². The van der Waals surface area contributed by atoms with Crippen molar-refractivity contribution in [2.75, 3.05) is 18.4 Å². The van der Waals surface area contributed by atoms with Gasteiger partial charge in [-0.15, -0.1) is 0 Å². The minimum absolute atomic E-state index is 0.217. The van der Waals surface area contributed by atoms with E-state index in [1.807, 2.05) is 44.2 Å². The van der Waals surface area contributed by atoms with E-state index in [1.54, 1.807) is 19.1 Å². The smallest absolute Gasteiger partial charge is 0.338 e. The largest absolute Gasteiger partial charge is 0.449 e. The minimum Gasteiger partial charge on any atom is -0.449 e. The number of nitrogens with zero attached hydrogens (tertiary/aromatic N) is 1. The molecule has 0 radical (unpaired) electrons. The molecule has 0 aliphatic carbocycles. The lowest BCUT2D eigenvalue weighted by Crippen LogP contribution is -2.44. The molecule has 6 heteroatoms. The summed E-state index contributed by atoms with van der Waals surface area (Å²) in [5, 5.41) is 2.86. The lowest BCUT2D eigenvalue weighted by atomic mass is 10.1. The average Bonchev–Trinajstić information content (AvgIpc) is 2.70. The van der Waals surface area contributed by atoms with Gasteiger partial charge in [-0.2, -0.15) is 0 Å². The number of carbonyl (C=O) groups is 2. The van der Waals surface area contributed by atoms with E-state index in [0.717, 1.165) is 42.0 Å². The third kappa shape index (κ3) is 6.15. The third-order valence-electron chi connectivity index (χ3n) is 5.47. The van der Waals surface area contributed by atoms with E-state index in [1.165, 1.54) is 0 Å². The highest BCUT2D eigenvalue weighted by atomic mass is 16.5. The van der Waals surface area contributed by atoms with Gasteiger partial charge < -0.3 is 14.8 Å². The number of esters is 1. The summed E-state index contributed by atoms with van der Waals surface area (Å²) in [6, 6.07) is 13.2. The van der Waals surface area contributed by atoms with E-state index >= 15 is 0 Å². The second-order valence-electron chi connectivity index (χ2n) is 8.45. The molecule has 1 aliphatic heterocycles. The highest BCUT2D eigenvalue weighted by Gasteiger charge is 2.23. The van der Waals surface area contributed by atoms with Crippen LogP contribution in [0.1, 0.15) is 47.8 Å². The predicted octanol–water partition coefficient (Wildman–Crippen LogP) is 4.10. The molecule has 3 rings (SSSR count). The SMILES string of the molecule is Cc1cccc(C)c1NC(=O)C(C)OC(=O)c1ccc(CN2CC(C)OC(C)C2)cc1. The first-order valence-corrected chi connectivity index (χ1v) is 10.8. The molecular formula is C25H32N2O4. The lowest BCUT2D eigenvalue weighted by molar-refractivity contribution is -0.123. The van der Waals surface area contributed by atoms with E-state index in [2.05, 4.69) is 24.1 Å². The highest BCUT2D eigenvalue weighted by molar-refractivity contribution is 5.98. The minimum atomic E-state index is -0.900. The fourth-order valence-electron chi connectivity index (χ4n) is 3.94. The Morgan fingerprint density at radius 2 is 1.65 bits per heavy atom. The molecule has 0 spiro atoms. The molecular weight excluding hydrogens is 392 g/mol. The molecule has 1 saturated heterocycles. The summed E-state index contributed by atoms with van der Waals surface area (Å²) in [4.78, 5) is 27.4. The van der Waals surface area contributed by atoms with Crippen LogP contribution < -0.4 is 5.32 Å². The Balaban J connectivity index is 1.55. The summed E-state index contributed by atoms with van der Waals surface area (Å²) in [5.41, 5.74) is 4.24. The number of ether oxygens (including phenoxy) is 2. The quantitative estimate of drug-likeness (QED) is 0.708. The Morgan fingerprint density at radius 3 is 2.23 bits per heavy atom. The highest BCUT2D eigenvalue weighted by Crippen LogP contribution is 2.20. The number of carbonyl (C=O) groups excluding carboxylic acids is 2. The number of para-hydroxylation sites is 1. The lowest BCUT2D eigenvalue weighted by Gasteiger charge is -2.35. The number of nitrogens with one attached hydrogen (secondary N) is 1. The van der Waals surface area contributed by atoms with Crippen molar-refractivity contribution in [2.45, 2.75) is 59.5 Å². The molecule has 1 N–H and O–H groups in total. The van der Waals surface area contributed by atoms with Gasteiger partial charge in [0.2, 0.25) is 0 Å². The number of benzene rings is 2. The number of anilines is 1. The van der Waals surface area contributed by atoms with Crippen molar-refractivity contribution in [1.29, 1.82) is 0 Å². The van der Waals surface area contributed by atoms with Crippen molar-refractivity contribution in [3.05, 3.63) is 64.7 Å². The molecule has 1 fully saturated rings. The fourth-order valence-corrected chi connectivity index (χ4v) is 3.94. The zero-order valence-corrected chi connectivity index (χ0v) is 19.0. The summed E-state index contributed by atoms with van der Waals surface area (Å²) in [6.45, 7) is 12.2. The summed E-state index contributed by atoms with van der Waals surface area (Å²) < 4.78 is 11.2. The van der Waals surface area contributed by atoms with Gasteiger partial charge >= 0.3 is 5.97 Å². The van der Waals surface area contributed by atoms with Crippen LogP contribution in [-0.4, -0.2) is 48.2 Å². The van der Waals surface area contributed by atoms with Crippen LogP contribution in [0.5, 0.6) is 0 Å². The van der Waals surface area contributed by atoms with E-state index in [-0.39, 0.29) is 18.1 Å². The van der Waals surface area contributed by atoms with Crippen molar-refractivity contribution in [3.8, 4) is 0 Å². The van der Waals surface area contributed by atoms with Gasteiger partial charge in [-0.3, -0.25) is 9.69 Å². The van der Waals surface area contributed by atoms with Crippen LogP contribution in [0.25, 0.3) is 0 Å². The van der Waals surface area contributed by atoms with Crippen LogP contribution in [0.15, 0.2) is 42.5 Å². The van der Waals surface area contributed by atoms with Crippen LogP contribution >= 0.6 is 0 Å². The van der Waals surface area contributed by atoms with Crippen LogP contribution in [0.4, 0.5) is 5.69 Å².